The van der Waals surface area contributed by atoms with Gasteiger partial charge < -0.3 is 5.32 Å². The molecule has 7 heteroatoms. The molecule has 1 aromatic heterocycles. The molecule has 2 atom stereocenters. The van der Waals surface area contributed by atoms with Crippen LogP contribution >= 0.6 is 11.3 Å². The van der Waals surface area contributed by atoms with E-state index in [9.17, 15) is 13.2 Å². The summed E-state index contributed by atoms with van der Waals surface area (Å²) in [6.45, 7) is 4.65. The Bertz CT molecular complexity index is 653. The third kappa shape index (κ3) is 3.52. The molecule has 1 amide bonds. The van der Waals surface area contributed by atoms with Gasteiger partial charge in [0.25, 0.3) is 0 Å². The Morgan fingerprint density at radius 3 is 3.09 bits per heavy atom. The van der Waals surface area contributed by atoms with Crippen molar-refractivity contribution in [3.8, 4) is 0 Å². The minimum absolute atomic E-state index is 0.00912. The van der Waals surface area contributed by atoms with Gasteiger partial charge in [-0.05, 0) is 36.8 Å². The molecule has 2 aliphatic heterocycles. The number of carbonyl (C=O) groups is 1. The Hall–Kier alpha value is -0.920. The Morgan fingerprint density at radius 1 is 1.55 bits per heavy atom. The normalized spacial score (nSPS) is 25.6. The highest BCUT2D eigenvalue weighted by Gasteiger charge is 2.33. The summed E-state index contributed by atoms with van der Waals surface area (Å²) in [5, 5.41) is 5.07. The average Bonchev–Trinajstić information content (AvgIpc) is 3.09. The second-order valence-corrected chi connectivity index (χ2v) is 9.51. The van der Waals surface area contributed by atoms with Gasteiger partial charge in [-0.3, -0.25) is 9.69 Å². The minimum atomic E-state index is -3.00. The smallest absolute Gasteiger partial charge is 0.224 e. The van der Waals surface area contributed by atoms with Gasteiger partial charge in [0.1, 0.15) is 0 Å². The summed E-state index contributed by atoms with van der Waals surface area (Å²) >= 11 is 1.82. The first-order chi connectivity index (χ1) is 10.4. The van der Waals surface area contributed by atoms with Gasteiger partial charge in [-0.25, -0.2) is 8.42 Å². The number of amides is 1. The molecule has 0 aromatic carbocycles. The fourth-order valence-electron chi connectivity index (χ4n) is 3.17. The number of nitrogens with zero attached hydrogens (tertiary/aromatic N) is 1. The van der Waals surface area contributed by atoms with Crippen LogP contribution in [-0.2, 0) is 27.6 Å². The quantitative estimate of drug-likeness (QED) is 0.888. The molecule has 0 saturated carbocycles. The van der Waals surface area contributed by atoms with E-state index in [1.165, 1.54) is 10.4 Å². The molecule has 2 aliphatic rings. The maximum atomic E-state index is 12.1. The lowest BCUT2D eigenvalue weighted by molar-refractivity contribution is -0.124. The van der Waals surface area contributed by atoms with Crippen molar-refractivity contribution in [3.05, 3.63) is 21.9 Å². The first-order valence-corrected chi connectivity index (χ1v) is 10.4. The summed E-state index contributed by atoms with van der Waals surface area (Å²) in [6.07, 6.45) is 1.54. The summed E-state index contributed by atoms with van der Waals surface area (Å²) in [4.78, 5) is 15.9. The van der Waals surface area contributed by atoms with Gasteiger partial charge in [0.2, 0.25) is 5.91 Å². The summed E-state index contributed by atoms with van der Waals surface area (Å²) in [6, 6.07) is 2.44. The molecule has 0 unspecified atom stereocenters. The van der Waals surface area contributed by atoms with E-state index >= 15 is 0 Å². The molecule has 3 rings (SSSR count). The van der Waals surface area contributed by atoms with E-state index in [1.807, 2.05) is 11.3 Å². The molecule has 1 saturated heterocycles. The summed E-state index contributed by atoms with van der Waals surface area (Å²) < 4.78 is 22.9. The predicted octanol–water partition coefficient (Wildman–Crippen LogP) is 1.05. The van der Waals surface area contributed by atoms with E-state index in [0.29, 0.717) is 13.0 Å². The molecule has 1 fully saturated rings. The number of thiophene rings is 1. The van der Waals surface area contributed by atoms with Crippen LogP contribution in [0.2, 0.25) is 0 Å². The van der Waals surface area contributed by atoms with Crippen LogP contribution in [0.4, 0.5) is 0 Å². The molecule has 1 aromatic rings. The van der Waals surface area contributed by atoms with Crippen LogP contribution in [0.5, 0.6) is 0 Å². The second-order valence-electron chi connectivity index (χ2n) is 6.28. The Morgan fingerprint density at radius 2 is 2.36 bits per heavy atom. The zero-order valence-corrected chi connectivity index (χ0v) is 14.4. The Kier molecular flexibility index (Phi) is 4.56. The molecule has 1 N–H and O–H groups in total. The SMILES string of the molecule is C[C@@H](CNC(=O)[C@@H]1CCS(=O)(=O)C1)N1CCc2sccc2C1. The van der Waals surface area contributed by atoms with E-state index in [-0.39, 0.29) is 29.4 Å². The minimum Gasteiger partial charge on any atom is -0.354 e. The van der Waals surface area contributed by atoms with E-state index in [2.05, 4.69) is 28.6 Å². The summed E-state index contributed by atoms with van der Waals surface area (Å²) in [5.41, 5.74) is 1.40. The summed E-state index contributed by atoms with van der Waals surface area (Å²) in [5.74, 6) is -0.314. The van der Waals surface area contributed by atoms with Gasteiger partial charge in [-0.1, -0.05) is 0 Å². The van der Waals surface area contributed by atoms with Gasteiger partial charge in [-0.15, -0.1) is 11.3 Å². The molecular weight excluding hydrogens is 320 g/mol. The van der Waals surface area contributed by atoms with Gasteiger partial charge in [0, 0.05) is 30.6 Å². The lowest BCUT2D eigenvalue weighted by Gasteiger charge is -2.32. The average molecular weight is 342 g/mol. The molecule has 122 valence electrons. The topological polar surface area (TPSA) is 66.5 Å². The number of fused-ring (bicyclic) bond motifs is 1. The Balaban J connectivity index is 1.49. The van der Waals surface area contributed by atoms with Crippen molar-refractivity contribution < 1.29 is 13.2 Å². The third-order valence-electron chi connectivity index (χ3n) is 4.64. The van der Waals surface area contributed by atoms with E-state index in [1.54, 1.807) is 0 Å². The van der Waals surface area contributed by atoms with Gasteiger partial charge in [0.15, 0.2) is 9.84 Å². The van der Waals surface area contributed by atoms with Crippen molar-refractivity contribution in [3.63, 3.8) is 0 Å². The van der Waals surface area contributed by atoms with Crippen molar-refractivity contribution in [2.45, 2.75) is 32.4 Å². The van der Waals surface area contributed by atoms with Gasteiger partial charge in [-0.2, -0.15) is 0 Å². The maximum absolute atomic E-state index is 12.1. The predicted molar refractivity (Wildman–Crippen MR) is 87.7 cm³/mol. The molecular formula is C15H22N2O3S2. The highest BCUT2D eigenvalue weighted by atomic mass is 32.2. The number of sulfone groups is 1. The molecule has 0 bridgehead atoms. The lowest BCUT2D eigenvalue weighted by Crippen LogP contribution is -2.45. The molecule has 0 spiro atoms. The number of hydrogen-bond acceptors (Lipinski definition) is 5. The van der Waals surface area contributed by atoms with Gasteiger partial charge in [0.05, 0.1) is 17.4 Å². The van der Waals surface area contributed by atoms with Crippen molar-refractivity contribution in [2.75, 3.05) is 24.6 Å². The highest BCUT2D eigenvalue weighted by Crippen LogP contribution is 2.25. The molecule has 22 heavy (non-hydrogen) atoms. The fraction of sp³-hybridized carbons (Fsp3) is 0.667. The first-order valence-electron chi connectivity index (χ1n) is 7.72. The lowest BCUT2D eigenvalue weighted by atomic mass is 10.1. The molecule has 5 nitrogen and oxygen atoms in total. The van der Waals surface area contributed by atoms with Crippen molar-refractivity contribution in [1.82, 2.24) is 10.2 Å². The van der Waals surface area contributed by atoms with Crippen LogP contribution in [0.15, 0.2) is 11.4 Å². The highest BCUT2D eigenvalue weighted by molar-refractivity contribution is 7.91. The zero-order valence-electron chi connectivity index (χ0n) is 12.7. The fourth-order valence-corrected chi connectivity index (χ4v) is 5.80. The zero-order chi connectivity index (χ0) is 15.7. The first kappa shape index (κ1) is 16.0. The number of nitrogens with one attached hydrogen (secondary N) is 1. The molecule has 3 heterocycles. The van der Waals surface area contributed by atoms with E-state index in [4.69, 9.17) is 0 Å². The van der Waals surface area contributed by atoms with Crippen LogP contribution in [0.25, 0.3) is 0 Å². The number of rotatable bonds is 4. The van der Waals surface area contributed by atoms with Crippen LogP contribution < -0.4 is 5.32 Å². The van der Waals surface area contributed by atoms with Crippen molar-refractivity contribution in [2.24, 2.45) is 5.92 Å². The monoisotopic (exact) mass is 342 g/mol. The largest absolute Gasteiger partial charge is 0.354 e. The molecule has 0 radical (unpaired) electrons. The molecule has 0 aliphatic carbocycles. The Labute approximate surface area is 135 Å². The third-order valence-corrected chi connectivity index (χ3v) is 7.43. The van der Waals surface area contributed by atoms with Crippen molar-refractivity contribution >= 4 is 27.1 Å². The van der Waals surface area contributed by atoms with Crippen LogP contribution in [-0.4, -0.2) is 49.9 Å². The number of hydrogen-bond donors (Lipinski definition) is 1. The van der Waals surface area contributed by atoms with E-state index < -0.39 is 9.84 Å². The van der Waals surface area contributed by atoms with Crippen LogP contribution in [0.3, 0.4) is 0 Å². The van der Waals surface area contributed by atoms with Gasteiger partial charge >= 0.3 is 0 Å². The van der Waals surface area contributed by atoms with Crippen LogP contribution in [0.1, 0.15) is 23.8 Å². The maximum Gasteiger partial charge on any atom is 0.224 e. The second kappa shape index (κ2) is 6.29. The standard InChI is InChI=1S/C15H22N2O3S2/c1-11(17-5-2-14-12(9-17)3-6-21-14)8-16-15(18)13-4-7-22(19,20)10-13/h3,6,11,13H,2,4-5,7-10H2,1H3,(H,16,18)/t11-,13+/m0/s1. The van der Waals surface area contributed by atoms with Crippen molar-refractivity contribution in [1.29, 1.82) is 0 Å². The number of carbonyl (C=O) groups excluding carboxylic acids is 1. The van der Waals surface area contributed by atoms with Crippen LogP contribution in [0, 0.1) is 5.92 Å². The van der Waals surface area contributed by atoms with E-state index in [0.717, 1.165) is 19.5 Å². The summed E-state index contributed by atoms with van der Waals surface area (Å²) in [7, 11) is -3.00.